The summed E-state index contributed by atoms with van der Waals surface area (Å²) in [5, 5.41) is 11.7. The Morgan fingerprint density at radius 1 is 1.41 bits per heavy atom. The second-order valence-corrected chi connectivity index (χ2v) is 7.01. The molecule has 0 radical (unpaired) electrons. The van der Waals surface area contributed by atoms with Crippen molar-refractivity contribution in [1.82, 2.24) is 10.2 Å². The standard InChI is InChI=1S/C14H13BrN4O2S/c1-8-17-18-14(22-8)16-13(21)9-6-12(20)19(7-9)11-5-3-2-4-10(11)15/h2-5,9H,6-7H2,1H3,(H,16,18,21). The lowest BCUT2D eigenvalue weighted by Gasteiger charge is -2.18. The second kappa shape index (κ2) is 6.13. The van der Waals surface area contributed by atoms with Gasteiger partial charge in [0.15, 0.2) is 0 Å². The number of anilines is 2. The van der Waals surface area contributed by atoms with Gasteiger partial charge in [-0.15, -0.1) is 10.2 Å². The lowest BCUT2D eigenvalue weighted by molar-refractivity contribution is -0.122. The highest BCUT2D eigenvalue weighted by Gasteiger charge is 2.36. The molecule has 2 amide bonds. The van der Waals surface area contributed by atoms with Gasteiger partial charge in [0, 0.05) is 17.4 Å². The van der Waals surface area contributed by atoms with Crippen molar-refractivity contribution in [2.24, 2.45) is 5.92 Å². The first-order chi connectivity index (χ1) is 10.5. The fraction of sp³-hybridized carbons (Fsp3) is 0.286. The largest absolute Gasteiger partial charge is 0.310 e. The van der Waals surface area contributed by atoms with Crippen LogP contribution in [0, 0.1) is 12.8 Å². The van der Waals surface area contributed by atoms with E-state index in [1.54, 1.807) is 4.90 Å². The van der Waals surface area contributed by atoms with Gasteiger partial charge in [0.1, 0.15) is 5.01 Å². The molecule has 1 atom stereocenters. The van der Waals surface area contributed by atoms with Gasteiger partial charge < -0.3 is 10.2 Å². The number of benzene rings is 1. The average Bonchev–Trinajstić information content (AvgIpc) is 3.06. The van der Waals surface area contributed by atoms with Gasteiger partial charge in [-0.1, -0.05) is 23.5 Å². The SMILES string of the molecule is Cc1nnc(NC(=O)C2CC(=O)N(c3ccccc3Br)C2)s1. The zero-order valence-electron chi connectivity index (χ0n) is 11.7. The maximum Gasteiger partial charge on any atom is 0.231 e. The molecule has 22 heavy (non-hydrogen) atoms. The molecule has 0 aliphatic carbocycles. The molecule has 1 N–H and O–H groups in total. The molecule has 1 fully saturated rings. The molecule has 6 nitrogen and oxygen atoms in total. The second-order valence-electron chi connectivity index (χ2n) is 4.97. The number of rotatable bonds is 3. The Morgan fingerprint density at radius 3 is 2.86 bits per heavy atom. The van der Waals surface area contributed by atoms with Crippen LogP contribution in [0.15, 0.2) is 28.7 Å². The fourth-order valence-corrected chi connectivity index (χ4v) is 3.43. The van der Waals surface area contributed by atoms with Gasteiger partial charge in [-0.25, -0.2) is 0 Å². The molecule has 1 unspecified atom stereocenters. The molecule has 8 heteroatoms. The Hall–Kier alpha value is -1.80. The lowest BCUT2D eigenvalue weighted by Crippen LogP contribution is -2.28. The van der Waals surface area contributed by atoms with Gasteiger partial charge in [0.25, 0.3) is 0 Å². The summed E-state index contributed by atoms with van der Waals surface area (Å²) in [5.41, 5.74) is 0.787. The van der Waals surface area contributed by atoms with E-state index in [2.05, 4.69) is 31.4 Å². The van der Waals surface area contributed by atoms with Crippen LogP contribution in [0.5, 0.6) is 0 Å². The van der Waals surface area contributed by atoms with Crippen molar-refractivity contribution in [3.05, 3.63) is 33.7 Å². The van der Waals surface area contributed by atoms with Crippen LogP contribution in [0.1, 0.15) is 11.4 Å². The van der Waals surface area contributed by atoms with Crippen LogP contribution < -0.4 is 10.2 Å². The number of carbonyl (C=O) groups is 2. The van der Waals surface area contributed by atoms with Crippen molar-refractivity contribution in [2.75, 3.05) is 16.8 Å². The van der Waals surface area contributed by atoms with Crippen LogP contribution in [0.4, 0.5) is 10.8 Å². The predicted octanol–water partition coefficient (Wildman–Crippen LogP) is 2.60. The summed E-state index contributed by atoms with van der Waals surface area (Å²) in [6.07, 6.45) is 0.199. The van der Waals surface area contributed by atoms with Crippen LogP contribution >= 0.6 is 27.3 Å². The van der Waals surface area contributed by atoms with Crippen molar-refractivity contribution in [1.29, 1.82) is 0 Å². The van der Waals surface area contributed by atoms with E-state index in [9.17, 15) is 9.59 Å². The van der Waals surface area contributed by atoms with Gasteiger partial charge in [0.2, 0.25) is 16.9 Å². The first-order valence-electron chi connectivity index (χ1n) is 6.70. The van der Waals surface area contributed by atoms with E-state index < -0.39 is 0 Å². The number of nitrogens with zero attached hydrogens (tertiary/aromatic N) is 3. The highest BCUT2D eigenvalue weighted by Crippen LogP contribution is 2.31. The van der Waals surface area contributed by atoms with Crippen LogP contribution in [0.3, 0.4) is 0 Å². The van der Waals surface area contributed by atoms with E-state index in [1.165, 1.54) is 11.3 Å². The Labute approximate surface area is 139 Å². The minimum Gasteiger partial charge on any atom is -0.310 e. The van der Waals surface area contributed by atoms with Gasteiger partial charge in [-0.3, -0.25) is 9.59 Å². The quantitative estimate of drug-likeness (QED) is 0.887. The van der Waals surface area contributed by atoms with Crippen molar-refractivity contribution in [3.63, 3.8) is 0 Å². The summed E-state index contributed by atoms with van der Waals surface area (Å²) in [5.74, 6) is -0.636. The number of para-hydroxylation sites is 1. The summed E-state index contributed by atoms with van der Waals surface area (Å²) in [4.78, 5) is 26.1. The van der Waals surface area contributed by atoms with Crippen LogP contribution in [0.25, 0.3) is 0 Å². The highest BCUT2D eigenvalue weighted by molar-refractivity contribution is 9.10. The highest BCUT2D eigenvalue weighted by atomic mass is 79.9. The number of carbonyl (C=O) groups excluding carboxylic acids is 2. The summed E-state index contributed by atoms with van der Waals surface area (Å²) >= 11 is 4.75. The minimum atomic E-state index is -0.385. The van der Waals surface area contributed by atoms with E-state index in [0.717, 1.165) is 15.2 Å². The number of hydrogen-bond donors (Lipinski definition) is 1. The first kappa shape index (κ1) is 15.1. The van der Waals surface area contributed by atoms with Crippen LogP contribution in [-0.4, -0.2) is 28.6 Å². The molecular formula is C14H13BrN4O2S. The smallest absolute Gasteiger partial charge is 0.231 e. The third-order valence-corrected chi connectivity index (χ3v) is 4.82. The van der Waals surface area contributed by atoms with Crippen LogP contribution in [-0.2, 0) is 9.59 Å². The molecule has 1 saturated heterocycles. The fourth-order valence-electron chi connectivity index (χ4n) is 2.34. The Balaban J connectivity index is 1.71. The van der Waals surface area contributed by atoms with Crippen molar-refractivity contribution < 1.29 is 9.59 Å². The molecule has 114 valence electrons. The number of aromatic nitrogens is 2. The molecule has 0 saturated carbocycles. The van der Waals surface area contributed by atoms with E-state index in [4.69, 9.17) is 0 Å². The number of halogens is 1. The maximum atomic E-state index is 12.3. The average molecular weight is 381 g/mol. The maximum absolute atomic E-state index is 12.3. The molecular weight excluding hydrogens is 368 g/mol. The molecule has 1 aliphatic rings. The third-order valence-electron chi connectivity index (χ3n) is 3.40. The van der Waals surface area contributed by atoms with Gasteiger partial charge in [-0.05, 0) is 35.0 Å². The molecule has 1 aliphatic heterocycles. The van der Waals surface area contributed by atoms with E-state index >= 15 is 0 Å². The van der Waals surface area contributed by atoms with Gasteiger partial charge in [0.05, 0.1) is 11.6 Å². The monoisotopic (exact) mass is 380 g/mol. The number of aryl methyl sites for hydroxylation is 1. The van der Waals surface area contributed by atoms with Crippen molar-refractivity contribution in [3.8, 4) is 0 Å². The Kier molecular flexibility index (Phi) is 4.21. The van der Waals surface area contributed by atoms with Crippen molar-refractivity contribution in [2.45, 2.75) is 13.3 Å². The number of amides is 2. The normalized spacial score (nSPS) is 17.8. The predicted molar refractivity (Wildman–Crippen MR) is 87.9 cm³/mol. The number of hydrogen-bond acceptors (Lipinski definition) is 5. The van der Waals surface area contributed by atoms with Gasteiger partial charge in [-0.2, -0.15) is 0 Å². The number of nitrogens with one attached hydrogen (secondary N) is 1. The molecule has 3 rings (SSSR count). The third kappa shape index (κ3) is 3.02. The lowest BCUT2D eigenvalue weighted by atomic mass is 10.1. The summed E-state index contributed by atoms with van der Waals surface area (Å²) in [6, 6.07) is 7.48. The molecule has 0 bridgehead atoms. The van der Waals surface area contributed by atoms with Crippen molar-refractivity contribution >= 4 is 49.9 Å². The topological polar surface area (TPSA) is 75.2 Å². The molecule has 1 aromatic carbocycles. The molecule has 1 aromatic heterocycles. The Morgan fingerprint density at radius 2 is 2.18 bits per heavy atom. The van der Waals surface area contributed by atoms with E-state index in [-0.39, 0.29) is 24.2 Å². The zero-order chi connectivity index (χ0) is 15.7. The first-order valence-corrected chi connectivity index (χ1v) is 8.31. The molecule has 2 aromatic rings. The molecule has 0 spiro atoms. The molecule has 2 heterocycles. The van der Waals surface area contributed by atoms with E-state index in [1.807, 2.05) is 31.2 Å². The zero-order valence-corrected chi connectivity index (χ0v) is 14.1. The van der Waals surface area contributed by atoms with E-state index in [0.29, 0.717) is 11.7 Å². The summed E-state index contributed by atoms with van der Waals surface area (Å²) < 4.78 is 0.837. The summed E-state index contributed by atoms with van der Waals surface area (Å²) in [6.45, 7) is 2.19. The van der Waals surface area contributed by atoms with Gasteiger partial charge >= 0.3 is 0 Å². The van der Waals surface area contributed by atoms with Crippen LogP contribution in [0.2, 0.25) is 0 Å². The summed E-state index contributed by atoms with van der Waals surface area (Å²) in [7, 11) is 0. The Bertz CT molecular complexity index is 733. The minimum absolute atomic E-state index is 0.0551.